The number of amides is 2. The number of hydrogen-bond donors (Lipinski definition) is 1. The van der Waals surface area contributed by atoms with E-state index in [0.717, 1.165) is 10.3 Å². The fourth-order valence-electron chi connectivity index (χ4n) is 3.90. The molecule has 8 heteroatoms. The van der Waals surface area contributed by atoms with E-state index in [1.807, 2.05) is 25.1 Å². The first kappa shape index (κ1) is 19.6. The number of nitrogens with zero attached hydrogens (tertiary/aromatic N) is 4. The van der Waals surface area contributed by atoms with Gasteiger partial charge in [0.15, 0.2) is 5.82 Å². The van der Waals surface area contributed by atoms with E-state index < -0.39 is 11.7 Å². The van der Waals surface area contributed by atoms with E-state index in [-0.39, 0.29) is 29.9 Å². The lowest BCUT2D eigenvalue weighted by Crippen LogP contribution is -2.56. The van der Waals surface area contributed by atoms with Crippen molar-refractivity contribution in [2.45, 2.75) is 19.9 Å². The Labute approximate surface area is 173 Å². The molecule has 0 saturated carbocycles. The minimum Gasteiger partial charge on any atom is -0.427 e. The summed E-state index contributed by atoms with van der Waals surface area (Å²) in [5.74, 6) is -1.15. The Kier molecular flexibility index (Phi) is 4.99. The molecule has 0 unspecified atom stereocenters. The van der Waals surface area contributed by atoms with Gasteiger partial charge in [0.05, 0.1) is 5.56 Å². The molecule has 0 bridgehead atoms. The van der Waals surface area contributed by atoms with Crippen LogP contribution in [0.25, 0.3) is 11.4 Å². The van der Waals surface area contributed by atoms with E-state index in [1.165, 1.54) is 17.3 Å². The van der Waals surface area contributed by atoms with Gasteiger partial charge in [-0.25, -0.2) is 4.98 Å². The lowest BCUT2D eigenvalue weighted by molar-refractivity contribution is -0.130. The number of ketones is 1. The summed E-state index contributed by atoms with van der Waals surface area (Å²) in [4.78, 5) is 45.9. The molecule has 1 fully saturated rings. The molecule has 1 N–H and O–H groups in total. The first-order valence-electron chi connectivity index (χ1n) is 9.74. The van der Waals surface area contributed by atoms with Crippen LogP contribution in [0.4, 0.5) is 0 Å². The highest BCUT2D eigenvalue weighted by Gasteiger charge is 2.35. The summed E-state index contributed by atoms with van der Waals surface area (Å²) < 4.78 is 0.834. The molecule has 2 amide bonds. The van der Waals surface area contributed by atoms with Crippen LogP contribution in [-0.2, 0) is 4.79 Å². The number of aryl methyl sites for hydroxylation is 1. The zero-order chi connectivity index (χ0) is 21.4. The zero-order valence-electron chi connectivity index (χ0n) is 16.8. The second kappa shape index (κ2) is 7.62. The minimum absolute atomic E-state index is 0.0878. The molecular weight excluding hydrogens is 384 g/mol. The molecule has 154 valence electrons. The molecule has 1 atom stereocenters. The van der Waals surface area contributed by atoms with Crippen LogP contribution in [-0.4, -0.2) is 68.0 Å². The van der Waals surface area contributed by atoms with E-state index in [4.69, 9.17) is 0 Å². The van der Waals surface area contributed by atoms with Gasteiger partial charge < -0.3 is 15.0 Å². The molecule has 3 aliphatic heterocycles. The number of carbonyl (C=O) groups excluding carboxylic acids is 3. The van der Waals surface area contributed by atoms with E-state index in [1.54, 1.807) is 30.0 Å². The molecule has 3 aliphatic rings. The van der Waals surface area contributed by atoms with E-state index >= 15 is 0 Å². The Balaban J connectivity index is 1.50. The summed E-state index contributed by atoms with van der Waals surface area (Å²) in [5.41, 5.74) is 1.98. The van der Waals surface area contributed by atoms with Crippen LogP contribution in [0.2, 0.25) is 0 Å². The van der Waals surface area contributed by atoms with Gasteiger partial charge in [-0.05, 0) is 37.6 Å². The number of Topliss-reactive ketones (excluding diaryl/α,β-unsaturated/α-hetero) is 1. The SMILES string of the molecule is Cc1ccn(O)c2ncc(C(=O)C(=O)N3CCN(C(=O)c4ccccc4)C[C@H]3C)c1-2. The highest BCUT2D eigenvalue weighted by atomic mass is 16.5. The van der Waals surface area contributed by atoms with E-state index in [9.17, 15) is 19.6 Å². The van der Waals surface area contributed by atoms with Gasteiger partial charge in [-0.2, -0.15) is 4.73 Å². The molecule has 0 aromatic heterocycles. The molecular formula is C22H22N4O4. The fraction of sp³-hybridized carbons (Fsp3) is 0.273. The van der Waals surface area contributed by atoms with Crippen LogP contribution < -0.4 is 0 Å². The Morgan fingerprint density at radius 1 is 1.10 bits per heavy atom. The summed E-state index contributed by atoms with van der Waals surface area (Å²) in [7, 11) is 0. The lowest BCUT2D eigenvalue weighted by atomic mass is 10.0. The van der Waals surface area contributed by atoms with Crippen molar-refractivity contribution < 1.29 is 19.6 Å². The normalized spacial score (nSPS) is 16.7. The fourth-order valence-corrected chi connectivity index (χ4v) is 3.90. The summed E-state index contributed by atoms with van der Waals surface area (Å²) in [5, 5.41) is 9.91. The predicted octanol–water partition coefficient (Wildman–Crippen LogP) is 2.09. The van der Waals surface area contributed by atoms with Gasteiger partial charge in [-0.15, -0.1) is 0 Å². The average Bonchev–Trinajstić information content (AvgIpc) is 3.22. The molecule has 1 aromatic carbocycles. The largest absolute Gasteiger partial charge is 0.427 e. The van der Waals surface area contributed by atoms with Gasteiger partial charge in [0, 0.05) is 49.2 Å². The van der Waals surface area contributed by atoms with Crippen molar-refractivity contribution >= 4 is 17.6 Å². The van der Waals surface area contributed by atoms with Crippen molar-refractivity contribution in [3.8, 4) is 11.4 Å². The van der Waals surface area contributed by atoms with Crippen molar-refractivity contribution in [1.29, 1.82) is 0 Å². The molecule has 8 nitrogen and oxygen atoms in total. The van der Waals surface area contributed by atoms with Crippen LogP contribution in [0.15, 0.2) is 48.8 Å². The lowest BCUT2D eigenvalue weighted by Gasteiger charge is -2.39. The van der Waals surface area contributed by atoms with Crippen LogP contribution in [0.5, 0.6) is 0 Å². The third kappa shape index (κ3) is 3.30. The predicted molar refractivity (Wildman–Crippen MR) is 109 cm³/mol. The molecule has 0 radical (unpaired) electrons. The summed E-state index contributed by atoms with van der Waals surface area (Å²) in [6.45, 7) is 4.59. The Morgan fingerprint density at radius 2 is 1.83 bits per heavy atom. The molecule has 3 heterocycles. The van der Waals surface area contributed by atoms with Gasteiger partial charge in [0.1, 0.15) is 0 Å². The molecule has 1 saturated heterocycles. The maximum absolute atomic E-state index is 13.0. The topological polar surface area (TPSA) is 95.7 Å². The van der Waals surface area contributed by atoms with Gasteiger partial charge in [0.2, 0.25) is 0 Å². The number of rotatable bonds is 3. The number of piperazine rings is 1. The average molecular weight is 406 g/mol. The highest BCUT2D eigenvalue weighted by Crippen LogP contribution is 2.29. The van der Waals surface area contributed by atoms with Crippen LogP contribution in [0.3, 0.4) is 0 Å². The van der Waals surface area contributed by atoms with Gasteiger partial charge in [0.25, 0.3) is 17.6 Å². The molecule has 0 aliphatic carbocycles. The van der Waals surface area contributed by atoms with Crippen molar-refractivity contribution in [2.24, 2.45) is 0 Å². The van der Waals surface area contributed by atoms with Crippen molar-refractivity contribution in [3.05, 3.63) is 65.5 Å². The summed E-state index contributed by atoms with van der Waals surface area (Å²) in [6.07, 6.45) is 2.76. The molecule has 1 aromatic rings. The number of aromatic nitrogens is 2. The van der Waals surface area contributed by atoms with Crippen molar-refractivity contribution in [1.82, 2.24) is 19.5 Å². The second-order valence-electron chi connectivity index (χ2n) is 7.51. The number of carbonyl (C=O) groups is 3. The highest BCUT2D eigenvalue weighted by molar-refractivity contribution is 6.44. The number of hydrogen-bond acceptors (Lipinski definition) is 5. The van der Waals surface area contributed by atoms with Gasteiger partial charge in [-0.1, -0.05) is 18.2 Å². The van der Waals surface area contributed by atoms with E-state index in [2.05, 4.69) is 4.98 Å². The minimum atomic E-state index is -0.665. The number of pyridine rings is 1. The monoisotopic (exact) mass is 406 g/mol. The zero-order valence-corrected chi connectivity index (χ0v) is 16.8. The first-order chi connectivity index (χ1) is 14.4. The smallest absolute Gasteiger partial charge is 0.295 e. The maximum Gasteiger partial charge on any atom is 0.295 e. The Hall–Kier alpha value is -3.68. The van der Waals surface area contributed by atoms with Crippen molar-refractivity contribution in [3.63, 3.8) is 0 Å². The summed E-state index contributed by atoms with van der Waals surface area (Å²) in [6, 6.07) is 10.3. The molecule has 4 rings (SSSR count). The van der Waals surface area contributed by atoms with Crippen molar-refractivity contribution in [2.75, 3.05) is 19.6 Å². The number of fused-ring (bicyclic) bond motifs is 1. The number of benzene rings is 1. The first-order valence-corrected chi connectivity index (χ1v) is 9.74. The van der Waals surface area contributed by atoms with Gasteiger partial charge >= 0.3 is 0 Å². The molecule has 0 spiro atoms. The van der Waals surface area contributed by atoms with Crippen LogP contribution in [0.1, 0.15) is 33.2 Å². The molecule has 30 heavy (non-hydrogen) atoms. The Bertz CT molecular complexity index is 1090. The Morgan fingerprint density at radius 3 is 2.53 bits per heavy atom. The standard InChI is InChI=1S/C22H22N4O4/c1-14-8-9-26(30)20-18(14)17(12-23-20)19(27)22(29)25-11-10-24(13-15(25)2)21(28)16-6-4-3-5-7-16/h3-9,12,15,30H,10-11,13H2,1-2H3/t15-/m1/s1. The third-order valence-electron chi connectivity index (χ3n) is 5.52. The maximum atomic E-state index is 13.0. The van der Waals surface area contributed by atoms with Crippen LogP contribution in [0, 0.1) is 6.92 Å². The van der Waals surface area contributed by atoms with Gasteiger partial charge in [-0.3, -0.25) is 14.4 Å². The quantitative estimate of drug-likeness (QED) is 0.408. The van der Waals surface area contributed by atoms with E-state index in [0.29, 0.717) is 24.2 Å². The second-order valence-corrected chi connectivity index (χ2v) is 7.51. The summed E-state index contributed by atoms with van der Waals surface area (Å²) >= 11 is 0. The van der Waals surface area contributed by atoms with Crippen LogP contribution >= 0.6 is 0 Å². The third-order valence-corrected chi connectivity index (χ3v) is 5.52.